The normalized spacial score (nSPS) is 13.2. The van der Waals surface area contributed by atoms with Gasteiger partial charge in [0.25, 0.3) is 15.9 Å². The van der Waals surface area contributed by atoms with E-state index in [0.717, 1.165) is 16.9 Å². The number of halogens is 1. The van der Waals surface area contributed by atoms with Gasteiger partial charge in [-0.1, -0.05) is 29.5 Å². The molecule has 1 aliphatic heterocycles. The number of aromatic nitrogens is 1. The molecule has 0 atom stereocenters. The average molecular weight is 484 g/mol. The van der Waals surface area contributed by atoms with Gasteiger partial charge in [0.05, 0.1) is 33.5 Å². The molecule has 1 N–H and O–H groups in total. The molecule has 1 amide bonds. The average Bonchev–Trinajstić information content (AvgIpc) is 3.42. The monoisotopic (exact) mass is 483 g/mol. The van der Waals surface area contributed by atoms with Gasteiger partial charge in [0.1, 0.15) is 11.6 Å². The smallest absolute Gasteiger partial charge is 0.264 e. The number of nitrogens with one attached hydrogen (secondary N) is 1. The number of nitrogens with zero attached hydrogens (tertiary/aromatic N) is 2. The maximum atomic E-state index is 13.5. The standard InChI is InChI=1S/C23H18FN3O4S2/c1-31-20-9-7-16(33(29,30)27-11-10-14-4-2-3-5-19(14)27)13-17(20)22(28)26-23-25-18-8-6-15(24)12-21(18)32-23/h2-9,12-13H,10-11H2,1H3,(H,25,26,28). The van der Waals surface area contributed by atoms with E-state index in [4.69, 9.17) is 4.74 Å². The Morgan fingerprint density at radius 3 is 2.79 bits per heavy atom. The Bertz CT molecular complexity index is 1500. The van der Waals surface area contributed by atoms with Gasteiger partial charge in [-0.15, -0.1) is 0 Å². The van der Waals surface area contributed by atoms with E-state index in [1.165, 1.54) is 47.8 Å². The number of thiazole rings is 1. The number of carbonyl (C=O) groups is 1. The number of para-hydroxylation sites is 1. The summed E-state index contributed by atoms with van der Waals surface area (Å²) < 4.78 is 47.5. The van der Waals surface area contributed by atoms with Crippen LogP contribution < -0.4 is 14.4 Å². The first kappa shape index (κ1) is 21.4. The van der Waals surface area contributed by atoms with Crippen LogP contribution in [-0.4, -0.2) is 33.0 Å². The van der Waals surface area contributed by atoms with E-state index in [1.54, 1.807) is 12.1 Å². The van der Waals surface area contributed by atoms with Crippen LogP contribution in [0.15, 0.2) is 65.6 Å². The fraction of sp³-hybridized carbons (Fsp3) is 0.130. The molecular formula is C23H18FN3O4S2. The van der Waals surface area contributed by atoms with Crippen LogP contribution in [0.3, 0.4) is 0 Å². The fourth-order valence-electron chi connectivity index (χ4n) is 3.83. The number of ether oxygens (including phenoxy) is 1. The molecule has 1 aromatic heterocycles. The predicted octanol–water partition coefficient (Wildman–Crippen LogP) is 4.45. The van der Waals surface area contributed by atoms with Gasteiger partial charge in [-0.3, -0.25) is 14.4 Å². The van der Waals surface area contributed by atoms with Crippen molar-refractivity contribution in [2.75, 3.05) is 23.3 Å². The number of hydrogen-bond donors (Lipinski definition) is 1. The summed E-state index contributed by atoms with van der Waals surface area (Å²) in [7, 11) is -2.49. The number of fused-ring (bicyclic) bond motifs is 2. The van der Waals surface area contributed by atoms with Crippen molar-refractivity contribution in [3.8, 4) is 5.75 Å². The zero-order chi connectivity index (χ0) is 23.2. The van der Waals surface area contributed by atoms with Crippen molar-refractivity contribution >= 4 is 48.3 Å². The number of methoxy groups -OCH3 is 1. The molecule has 0 saturated heterocycles. The largest absolute Gasteiger partial charge is 0.496 e. The molecule has 2 heterocycles. The van der Waals surface area contributed by atoms with Crippen LogP contribution in [0.2, 0.25) is 0 Å². The van der Waals surface area contributed by atoms with Crippen LogP contribution in [0.4, 0.5) is 15.2 Å². The van der Waals surface area contributed by atoms with Gasteiger partial charge in [0.2, 0.25) is 0 Å². The number of carbonyl (C=O) groups excluding carboxylic acids is 1. The van der Waals surface area contributed by atoms with E-state index in [-0.39, 0.29) is 21.3 Å². The molecule has 3 aromatic carbocycles. The minimum absolute atomic E-state index is 0.0171. The van der Waals surface area contributed by atoms with Crippen molar-refractivity contribution in [2.45, 2.75) is 11.3 Å². The second-order valence-corrected chi connectivity index (χ2v) is 10.3. The third-order valence-corrected chi connectivity index (χ3v) is 8.16. The highest BCUT2D eigenvalue weighted by atomic mass is 32.2. The van der Waals surface area contributed by atoms with Crippen LogP contribution in [-0.2, 0) is 16.4 Å². The van der Waals surface area contributed by atoms with E-state index >= 15 is 0 Å². The quantitative estimate of drug-likeness (QED) is 0.453. The van der Waals surface area contributed by atoms with Crippen molar-refractivity contribution in [1.82, 2.24) is 4.98 Å². The van der Waals surface area contributed by atoms with Crippen LogP contribution in [0.5, 0.6) is 5.75 Å². The Kier molecular flexibility index (Phi) is 5.26. The van der Waals surface area contributed by atoms with E-state index in [1.807, 2.05) is 12.1 Å². The Hall–Kier alpha value is -3.50. The van der Waals surface area contributed by atoms with E-state index in [2.05, 4.69) is 10.3 Å². The minimum Gasteiger partial charge on any atom is -0.496 e. The molecule has 5 rings (SSSR count). The van der Waals surface area contributed by atoms with Crippen LogP contribution >= 0.6 is 11.3 Å². The molecule has 0 saturated carbocycles. The Morgan fingerprint density at radius 1 is 1.15 bits per heavy atom. The molecule has 7 nitrogen and oxygen atoms in total. The van der Waals surface area contributed by atoms with Gasteiger partial charge in [0.15, 0.2) is 5.13 Å². The minimum atomic E-state index is -3.89. The Balaban J connectivity index is 1.48. The fourth-order valence-corrected chi connectivity index (χ4v) is 6.24. The van der Waals surface area contributed by atoms with Crippen molar-refractivity contribution < 1.29 is 22.3 Å². The second kappa shape index (κ2) is 8.13. The molecule has 4 aromatic rings. The lowest BCUT2D eigenvalue weighted by atomic mass is 10.2. The summed E-state index contributed by atoms with van der Waals surface area (Å²) >= 11 is 1.12. The van der Waals surface area contributed by atoms with Crippen molar-refractivity contribution in [3.63, 3.8) is 0 Å². The molecule has 168 valence electrons. The predicted molar refractivity (Wildman–Crippen MR) is 125 cm³/mol. The van der Waals surface area contributed by atoms with Crippen LogP contribution in [0.25, 0.3) is 10.2 Å². The summed E-state index contributed by atoms with van der Waals surface area (Å²) in [6.45, 7) is 0.331. The first-order valence-electron chi connectivity index (χ1n) is 10.0. The van der Waals surface area contributed by atoms with Gasteiger partial charge >= 0.3 is 0 Å². The molecule has 0 spiro atoms. The molecule has 1 aliphatic rings. The van der Waals surface area contributed by atoms with Crippen molar-refractivity contribution in [1.29, 1.82) is 0 Å². The number of rotatable bonds is 5. The van der Waals surface area contributed by atoms with Crippen LogP contribution in [0.1, 0.15) is 15.9 Å². The van der Waals surface area contributed by atoms with Crippen LogP contribution in [0, 0.1) is 5.82 Å². The number of amides is 1. The molecule has 0 bridgehead atoms. The Morgan fingerprint density at radius 2 is 1.97 bits per heavy atom. The Labute approximate surface area is 193 Å². The molecule has 0 fully saturated rings. The van der Waals surface area contributed by atoms with Gasteiger partial charge < -0.3 is 4.74 Å². The molecule has 10 heteroatoms. The number of benzene rings is 3. The van der Waals surface area contributed by atoms with E-state index in [9.17, 15) is 17.6 Å². The third-order valence-electron chi connectivity index (χ3n) is 5.42. The van der Waals surface area contributed by atoms with Gasteiger partial charge in [-0.2, -0.15) is 0 Å². The summed E-state index contributed by atoms with van der Waals surface area (Å²) in [6, 6.07) is 15.7. The SMILES string of the molecule is COc1ccc(S(=O)(=O)N2CCc3ccccc32)cc1C(=O)Nc1nc2ccc(F)cc2s1. The van der Waals surface area contributed by atoms with Gasteiger partial charge in [-0.25, -0.2) is 17.8 Å². The maximum Gasteiger partial charge on any atom is 0.264 e. The summed E-state index contributed by atoms with van der Waals surface area (Å²) in [5.74, 6) is -0.752. The molecule has 0 unspecified atom stereocenters. The maximum absolute atomic E-state index is 13.5. The molecule has 0 aliphatic carbocycles. The van der Waals surface area contributed by atoms with Crippen molar-refractivity contribution in [3.05, 3.63) is 77.6 Å². The van der Waals surface area contributed by atoms with Gasteiger partial charge in [0, 0.05) is 6.54 Å². The van der Waals surface area contributed by atoms with Gasteiger partial charge in [-0.05, 0) is 54.4 Å². The van der Waals surface area contributed by atoms with Crippen molar-refractivity contribution in [2.24, 2.45) is 0 Å². The second-order valence-electron chi connectivity index (χ2n) is 7.40. The highest BCUT2D eigenvalue weighted by molar-refractivity contribution is 7.92. The number of hydrogen-bond acceptors (Lipinski definition) is 6. The molecular weight excluding hydrogens is 465 g/mol. The highest BCUT2D eigenvalue weighted by Crippen LogP contribution is 2.34. The summed E-state index contributed by atoms with van der Waals surface area (Å²) in [5, 5.41) is 2.93. The first-order valence-corrected chi connectivity index (χ1v) is 12.3. The first-order chi connectivity index (χ1) is 15.9. The topological polar surface area (TPSA) is 88.6 Å². The molecule has 0 radical (unpaired) electrons. The summed E-state index contributed by atoms with van der Waals surface area (Å²) in [5.41, 5.74) is 2.20. The zero-order valence-corrected chi connectivity index (χ0v) is 19.0. The van der Waals surface area contributed by atoms with E-state index < -0.39 is 21.7 Å². The summed E-state index contributed by atoms with van der Waals surface area (Å²) in [4.78, 5) is 17.3. The lowest BCUT2D eigenvalue weighted by Gasteiger charge is -2.20. The highest BCUT2D eigenvalue weighted by Gasteiger charge is 2.31. The summed E-state index contributed by atoms with van der Waals surface area (Å²) in [6.07, 6.45) is 0.622. The van der Waals surface area contributed by atoms with E-state index in [0.29, 0.717) is 28.9 Å². The molecule has 33 heavy (non-hydrogen) atoms. The zero-order valence-electron chi connectivity index (χ0n) is 17.4. The number of sulfonamides is 1. The lowest BCUT2D eigenvalue weighted by Crippen LogP contribution is -2.29. The third kappa shape index (κ3) is 3.81. The lowest BCUT2D eigenvalue weighted by molar-refractivity contribution is 0.102. The number of anilines is 2.